The molecule has 0 amide bonds. The molecule has 4 saturated carbocycles. The average Bonchev–Trinajstić information content (AvgIpc) is 2.93. The van der Waals surface area contributed by atoms with Crippen molar-refractivity contribution in [3.8, 4) is 6.07 Å². The first-order valence-electron chi connectivity index (χ1n) is 10.6. The number of fused-ring (bicyclic) bond motifs is 5. The molecule has 3 nitrogen and oxygen atoms in total. The number of aliphatic hydroxyl groups excluding tert-OH is 1. The normalized spacial score (nSPS) is 54.9. The van der Waals surface area contributed by atoms with Crippen molar-refractivity contribution in [2.75, 3.05) is 6.61 Å². The van der Waals surface area contributed by atoms with Gasteiger partial charge in [-0.05, 0) is 92.8 Å². The highest BCUT2D eigenvalue weighted by molar-refractivity contribution is 5.13. The van der Waals surface area contributed by atoms with E-state index in [1.807, 2.05) is 6.92 Å². The monoisotopic (exact) mass is 345 g/mol. The Kier molecular flexibility index (Phi) is 4.44. The fourth-order valence-electron chi connectivity index (χ4n) is 7.85. The number of rotatable bonds is 2. The van der Waals surface area contributed by atoms with Gasteiger partial charge in [-0.1, -0.05) is 13.8 Å². The van der Waals surface area contributed by atoms with Crippen LogP contribution < -0.4 is 0 Å². The number of hydrogen-bond donors (Lipinski definition) is 1. The van der Waals surface area contributed by atoms with Crippen molar-refractivity contribution in [2.45, 2.75) is 84.3 Å². The van der Waals surface area contributed by atoms with Gasteiger partial charge in [0.05, 0.1) is 24.2 Å². The van der Waals surface area contributed by atoms with Crippen LogP contribution in [-0.2, 0) is 4.74 Å². The number of ether oxygens (including phenoxy) is 1. The van der Waals surface area contributed by atoms with E-state index in [1.54, 1.807) is 0 Å². The average molecular weight is 346 g/mol. The number of aliphatic hydroxyl groups is 1. The highest BCUT2D eigenvalue weighted by Gasteiger charge is 2.61. The van der Waals surface area contributed by atoms with Crippen molar-refractivity contribution in [3.63, 3.8) is 0 Å². The van der Waals surface area contributed by atoms with E-state index >= 15 is 0 Å². The molecular weight excluding hydrogens is 310 g/mol. The van der Waals surface area contributed by atoms with Crippen LogP contribution in [0.3, 0.4) is 0 Å². The van der Waals surface area contributed by atoms with Gasteiger partial charge >= 0.3 is 0 Å². The lowest BCUT2D eigenvalue weighted by molar-refractivity contribution is -0.169. The van der Waals surface area contributed by atoms with Crippen LogP contribution in [0.2, 0.25) is 0 Å². The summed E-state index contributed by atoms with van der Waals surface area (Å²) in [6.45, 7) is 7.65. The van der Waals surface area contributed by atoms with Crippen molar-refractivity contribution in [3.05, 3.63) is 0 Å². The van der Waals surface area contributed by atoms with E-state index in [0.29, 0.717) is 17.9 Å². The predicted octanol–water partition coefficient (Wildman–Crippen LogP) is 4.54. The summed E-state index contributed by atoms with van der Waals surface area (Å²) < 4.78 is 5.94. The molecule has 140 valence electrons. The third-order valence-electron chi connectivity index (χ3n) is 9.20. The second kappa shape index (κ2) is 6.24. The Hall–Kier alpha value is -0.590. The molecule has 0 spiro atoms. The third-order valence-corrected chi connectivity index (χ3v) is 9.20. The second-order valence-corrected chi connectivity index (χ2v) is 9.96. The molecule has 25 heavy (non-hydrogen) atoms. The minimum atomic E-state index is -0.280. The third kappa shape index (κ3) is 2.51. The first-order chi connectivity index (χ1) is 11.9. The largest absolute Gasteiger partial charge is 0.390 e. The molecule has 1 N–H and O–H groups in total. The van der Waals surface area contributed by atoms with Crippen LogP contribution in [0.15, 0.2) is 0 Å². The summed E-state index contributed by atoms with van der Waals surface area (Å²) in [6.07, 6.45) is 9.14. The van der Waals surface area contributed by atoms with Gasteiger partial charge < -0.3 is 9.84 Å². The maximum Gasteiger partial charge on any atom is 0.0839 e. The predicted molar refractivity (Wildman–Crippen MR) is 97.6 cm³/mol. The van der Waals surface area contributed by atoms with Crippen LogP contribution >= 0.6 is 0 Å². The van der Waals surface area contributed by atoms with Gasteiger partial charge in [-0.2, -0.15) is 5.26 Å². The maximum atomic E-state index is 10.5. The zero-order chi connectivity index (χ0) is 17.8. The Balaban J connectivity index is 1.60. The SMILES string of the molecule is CCO[C@H]1C[C@@]2(C)[C@@H](CCC3[C@@H]2CC[C@]2(C)[C@@H](C#N)CC[C@@H]32)C[C@@H]1O. The minimum Gasteiger partial charge on any atom is -0.390 e. The molecule has 9 atom stereocenters. The second-order valence-electron chi connectivity index (χ2n) is 9.96. The summed E-state index contributed by atoms with van der Waals surface area (Å²) >= 11 is 0. The topological polar surface area (TPSA) is 53.2 Å². The van der Waals surface area contributed by atoms with Crippen LogP contribution in [0.5, 0.6) is 0 Å². The molecule has 0 aromatic rings. The molecule has 4 aliphatic rings. The Morgan fingerprint density at radius 2 is 1.84 bits per heavy atom. The lowest BCUT2D eigenvalue weighted by atomic mass is 9.44. The van der Waals surface area contributed by atoms with E-state index in [9.17, 15) is 10.4 Å². The lowest BCUT2D eigenvalue weighted by Crippen LogP contribution is -2.57. The van der Waals surface area contributed by atoms with Gasteiger partial charge in [0, 0.05) is 6.61 Å². The van der Waals surface area contributed by atoms with Crippen LogP contribution in [-0.4, -0.2) is 23.9 Å². The van der Waals surface area contributed by atoms with Crippen LogP contribution in [0, 0.1) is 51.8 Å². The van der Waals surface area contributed by atoms with Gasteiger partial charge in [0.15, 0.2) is 0 Å². The van der Waals surface area contributed by atoms with E-state index < -0.39 is 0 Å². The van der Waals surface area contributed by atoms with Crippen LogP contribution in [0.25, 0.3) is 0 Å². The molecule has 0 heterocycles. The molecule has 0 aromatic heterocycles. The summed E-state index contributed by atoms with van der Waals surface area (Å²) in [5.41, 5.74) is 0.570. The van der Waals surface area contributed by atoms with E-state index in [0.717, 1.165) is 37.0 Å². The zero-order valence-corrected chi connectivity index (χ0v) is 16.2. The Morgan fingerprint density at radius 1 is 1.08 bits per heavy atom. The number of nitriles is 1. The molecule has 0 aromatic carbocycles. The summed E-state index contributed by atoms with van der Waals surface area (Å²) in [4.78, 5) is 0. The number of nitrogens with zero attached hydrogens (tertiary/aromatic N) is 1. The molecule has 0 radical (unpaired) electrons. The molecular formula is C22H35NO2. The molecule has 0 bridgehead atoms. The van der Waals surface area contributed by atoms with E-state index in [1.165, 1.54) is 32.1 Å². The van der Waals surface area contributed by atoms with E-state index in [-0.39, 0.29) is 23.5 Å². The van der Waals surface area contributed by atoms with Gasteiger partial charge in [-0.25, -0.2) is 0 Å². The quantitative estimate of drug-likeness (QED) is 0.799. The maximum absolute atomic E-state index is 10.5. The summed E-state index contributed by atoms with van der Waals surface area (Å²) in [6, 6.07) is 2.64. The highest BCUT2D eigenvalue weighted by Crippen LogP contribution is 2.67. The van der Waals surface area contributed by atoms with E-state index in [2.05, 4.69) is 19.9 Å². The Morgan fingerprint density at radius 3 is 2.56 bits per heavy atom. The Labute approximate surface area is 153 Å². The van der Waals surface area contributed by atoms with Gasteiger partial charge in [0.25, 0.3) is 0 Å². The molecule has 4 aliphatic carbocycles. The molecule has 0 aliphatic heterocycles. The zero-order valence-electron chi connectivity index (χ0n) is 16.2. The summed E-state index contributed by atoms with van der Waals surface area (Å²) in [7, 11) is 0. The van der Waals surface area contributed by atoms with Gasteiger partial charge in [-0.15, -0.1) is 0 Å². The number of hydrogen-bond acceptors (Lipinski definition) is 3. The smallest absolute Gasteiger partial charge is 0.0839 e. The van der Waals surface area contributed by atoms with Gasteiger partial charge in [0.2, 0.25) is 0 Å². The molecule has 1 unspecified atom stereocenters. The van der Waals surface area contributed by atoms with Crippen molar-refractivity contribution in [1.82, 2.24) is 0 Å². The standard InChI is InChI=1S/C22H35NO2/c1-4-25-20-12-22(3)14(11-19(20)24)5-7-16-17-8-6-15(13-23)21(17,2)10-9-18(16)22/h14-20,24H,4-12H2,1-3H3/t14-,15+,16?,17-,18-,19-,20-,21+,22-/m0/s1. The summed E-state index contributed by atoms with van der Waals surface area (Å²) in [5, 5.41) is 20.2. The first kappa shape index (κ1) is 17.8. The highest BCUT2D eigenvalue weighted by atomic mass is 16.5. The van der Waals surface area contributed by atoms with E-state index in [4.69, 9.17) is 4.74 Å². The fourth-order valence-corrected chi connectivity index (χ4v) is 7.85. The van der Waals surface area contributed by atoms with Gasteiger partial charge in [-0.3, -0.25) is 0 Å². The molecule has 4 rings (SSSR count). The Bertz CT molecular complexity index is 557. The lowest BCUT2D eigenvalue weighted by Gasteiger charge is -2.61. The first-order valence-corrected chi connectivity index (χ1v) is 10.6. The molecule has 3 heteroatoms. The minimum absolute atomic E-state index is 0.0220. The molecule has 0 saturated heterocycles. The van der Waals surface area contributed by atoms with Crippen LogP contribution in [0.1, 0.15) is 72.1 Å². The van der Waals surface area contributed by atoms with Gasteiger partial charge in [0.1, 0.15) is 0 Å². The van der Waals surface area contributed by atoms with Crippen molar-refractivity contribution < 1.29 is 9.84 Å². The van der Waals surface area contributed by atoms with Crippen molar-refractivity contribution in [2.24, 2.45) is 40.4 Å². The summed E-state index contributed by atoms with van der Waals surface area (Å²) in [5.74, 6) is 3.21. The fraction of sp³-hybridized carbons (Fsp3) is 0.955. The van der Waals surface area contributed by atoms with Crippen LogP contribution in [0.4, 0.5) is 0 Å². The van der Waals surface area contributed by atoms with Crippen molar-refractivity contribution in [1.29, 1.82) is 5.26 Å². The van der Waals surface area contributed by atoms with Crippen molar-refractivity contribution >= 4 is 0 Å². The molecule has 4 fully saturated rings.